The lowest BCUT2D eigenvalue weighted by molar-refractivity contribution is -0.126. The molecule has 28 heavy (non-hydrogen) atoms. The lowest BCUT2D eigenvalue weighted by Crippen LogP contribution is -2.48. The van der Waals surface area contributed by atoms with Gasteiger partial charge in [0.15, 0.2) is 0 Å². The molecule has 7 heteroatoms. The summed E-state index contributed by atoms with van der Waals surface area (Å²) < 4.78 is 5.50. The Hall–Kier alpha value is -1.99. The number of hydrogen-bond donors (Lipinski definition) is 2. The van der Waals surface area contributed by atoms with E-state index in [4.69, 9.17) is 4.74 Å². The second-order valence-electron chi connectivity index (χ2n) is 7.87. The molecule has 0 saturated carbocycles. The van der Waals surface area contributed by atoms with Gasteiger partial charge in [-0.1, -0.05) is 6.07 Å². The molecule has 0 radical (unpaired) electrons. The SMILES string of the molecule is CC(=O)N[C@H]1CC[C@@H](C(=O)NCCc2cccnc2)CN(C2CCOCC2)C1. The summed E-state index contributed by atoms with van der Waals surface area (Å²) in [6.07, 6.45) is 7.98. The van der Waals surface area contributed by atoms with E-state index < -0.39 is 0 Å². The van der Waals surface area contributed by atoms with Crippen LogP contribution in [0.5, 0.6) is 0 Å². The van der Waals surface area contributed by atoms with Crippen molar-refractivity contribution in [1.29, 1.82) is 0 Å². The molecule has 0 spiro atoms. The van der Waals surface area contributed by atoms with Crippen LogP contribution < -0.4 is 10.6 Å². The van der Waals surface area contributed by atoms with Crippen molar-refractivity contribution >= 4 is 11.8 Å². The van der Waals surface area contributed by atoms with E-state index in [0.29, 0.717) is 12.6 Å². The molecule has 0 aliphatic carbocycles. The predicted octanol–water partition coefficient (Wildman–Crippen LogP) is 1.14. The smallest absolute Gasteiger partial charge is 0.224 e. The number of carbonyl (C=O) groups is 2. The van der Waals surface area contributed by atoms with Crippen LogP contribution in [-0.4, -0.2) is 66.6 Å². The van der Waals surface area contributed by atoms with Crippen LogP contribution in [0.4, 0.5) is 0 Å². The Labute approximate surface area is 167 Å². The molecule has 0 aromatic carbocycles. The fraction of sp³-hybridized carbons (Fsp3) is 0.667. The highest BCUT2D eigenvalue weighted by molar-refractivity contribution is 5.79. The van der Waals surface area contributed by atoms with Crippen LogP contribution in [0.25, 0.3) is 0 Å². The van der Waals surface area contributed by atoms with Gasteiger partial charge in [0, 0.05) is 64.2 Å². The molecule has 1 aromatic rings. The number of ether oxygens (including phenoxy) is 1. The van der Waals surface area contributed by atoms with Crippen molar-refractivity contribution in [3.63, 3.8) is 0 Å². The van der Waals surface area contributed by atoms with Crippen molar-refractivity contribution in [2.24, 2.45) is 5.92 Å². The first-order chi connectivity index (χ1) is 13.6. The molecule has 0 unspecified atom stereocenters. The highest BCUT2D eigenvalue weighted by atomic mass is 16.5. The molecule has 2 fully saturated rings. The third kappa shape index (κ3) is 6.27. The van der Waals surface area contributed by atoms with Crippen LogP contribution in [0.3, 0.4) is 0 Å². The number of nitrogens with zero attached hydrogens (tertiary/aromatic N) is 2. The Morgan fingerprint density at radius 1 is 1.21 bits per heavy atom. The summed E-state index contributed by atoms with van der Waals surface area (Å²) in [6, 6.07) is 4.47. The van der Waals surface area contributed by atoms with Gasteiger partial charge in [-0.2, -0.15) is 0 Å². The number of nitrogens with one attached hydrogen (secondary N) is 2. The van der Waals surface area contributed by atoms with E-state index in [-0.39, 0.29) is 23.8 Å². The lowest BCUT2D eigenvalue weighted by Gasteiger charge is -2.36. The summed E-state index contributed by atoms with van der Waals surface area (Å²) in [5.41, 5.74) is 1.12. The van der Waals surface area contributed by atoms with Gasteiger partial charge in [-0.05, 0) is 43.7 Å². The number of aromatic nitrogens is 1. The molecule has 1 aromatic heterocycles. The van der Waals surface area contributed by atoms with Gasteiger partial charge in [0.05, 0.1) is 5.92 Å². The topological polar surface area (TPSA) is 83.6 Å². The maximum Gasteiger partial charge on any atom is 0.224 e. The zero-order chi connectivity index (χ0) is 19.8. The molecule has 7 nitrogen and oxygen atoms in total. The Bertz CT molecular complexity index is 634. The predicted molar refractivity (Wildman–Crippen MR) is 107 cm³/mol. The van der Waals surface area contributed by atoms with E-state index in [2.05, 4.69) is 20.5 Å². The van der Waals surface area contributed by atoms with Crippen LogP contribution >= 0.6 is 0 Å². The Balaban J connectivity index is 1.57. The monoisotopic (exact) mass is 388 g/mol. The third-order valence-corrected chi connectivity index (χ3v) is 5.69. The molecular weight excluding hydrogens is 356 g/mol. The van der Waals surface area contributed by atoms with Crippen LogP contribution in [0.1, 0.15) is 38.2 Å². The van der Waals surface area contributed by atoms with E-state index in [1.165, 1.54) is 0 Å². The Morgan fingerprint density at radius 3 is 2.75 bits per heavy atom. The fourth-order valence-electron chi connectivity index (χ4n) is 4.21. The van der Waals surface area contributed by atoms with E-state index in [9.17, 15) is 9.59 Å². The second-order valence-corrected chi connectivity index (χ2v) is 7.87. The first kappa shape index (κ1) is 20.7. The normalized spacial score (nSPS) is 24.3. The van der Waals surface area contributed by atoms with E-state index in [0.717, 1.165) is 64.0 Å². The number of likely N-dealkylation sites (tertiary alicyclic amines) is 1. The molecule has 2 saturated heterocycles. The van der Waals surface area contributed by atoms with Gasteiger partial charge in [-0.15, -0.1) is 0 Å². The van der Waals surface area contributed by atoms with Crippen molar-refractivity contribution in [2.45, 2.75) is 51.1 Å². The van der Waals surface area contributed by atoms with Gasteiger partial charge in [0.1, 0.15) is 0 Å². The standard InChI is InChI=1S/C21H32N4O3/c1-16(26)24-19-5-4-18(14-25(15-19)20-7-11-28-12-8-20)21(27)23-10-6-17-3-2-9-22-13-17/h2-3,9,13,18-20H,4-8,10-12,14-15H2,1H3,(H,23,27)(H,24,26)/t18-,19+/m1/s1. The van der Waals surface area contributed by atoms with Crippen LogP contribution in [0.15, 0.2) is 24.5 Å². The molecule has 154 valence electrons. The van der Waals surface area contributed by atoms with Gasteiger partial charge in [-0.25, -0.2) is 0 Å². The van der Waals surface area contributed by atoms with Gasteiger partial charge in [0.2, 0.25) is 11.8 Å². The average Bonchev–Trinajstić information content (AvgIpc) is 2.92. The van der Waals surface area contributed by atoms with Gasteiger partial charge in [0.25, 0.3) is 0 Å². The molecule has 2 aliphatic rings. The summed E-state index contributed by atoms with van der Waals surface area (Å²) in [7, 11) is 0. The zero-order valence-electron chi connectivity index (χ0n) is 16.7. The summed E-state index contributed by atoms with van der Waals surface area (Å²) in [5.74, 6) is 0.0659. The zero-order valence-corrected chi connectivity index (χ0v) is 16.7. The summed E-state index contributed by atoms with van der Waals surface area (Å²) in [4.78, 5) is 30.9. The van der Waals surface area contributed by atoms with E-state index >= 15 is 0 Å². The quantitative estimate of drug-likeness (QED) is 0.763. The van der Waals surface area contributed by atoms with Crippen molar-refractivity contribution in [3.8, 4) is 0 Å². The molecule has 2 atom stereocenters. The molecule has 2 amide bonds. The van der Waals surface area contributed by atoms with Crippen LogP contribution in [0.2, 0.25) is 0 Å². The fourth-order valence-corrected chi connectivity index (χ4v) is 4.21. The highest BCUT2D eigenvalue weighted by Gasteiger charge is 2.32. The average molecular weight is 389 g/mol. The largest absolute Gasteiger partial charge is 0.381 e. The second kappa shape index (κ2) is 10.5. The van der Waals surface area contributed by atoms with Crippen LogP contribution in [0, 0.1) is 5.92 Å². The number of carbonyl (C=O) groups excluding carboxylic acids is 2. The number of rotatable bonds is 6. The Morgan fingerprint density at radius 2 is 2.04 bits per heavy atom. The maximum absolute atomic E-state index is 12.8. The van der Waals surface area contributed by atoms with Crippen molar-refractivity contribution in [1.82, 2.24) is 20.5 Å². The first-order valence-electron chi connectivity index (χ1n) is 10.4. The number of pyridine rings is 1. The van der Waals surface area contributed by atoms with E-state index in [1.807, 2.05) is 18.3 Å². The lowest BCUT2D eigenvalue weighted by atomic mass is 10.00. The molecule has 2 N–H and O–H groups in total. The summed E-state index contributed by atoms with van der Waals surface area (Å²) in [5, 5.41) is 6.17. The molecule has 3 heterocycles. The summed E-state index contributed by atoms with van der Waals surface area (Å²) in [6.45, 7) is 5.28. The Kier molecular flexibility index (Phi) is 7.80. The van der Waals surface area contributed by atoms with Gasteiger partial charge < -0.3 is 15.4 Å². The first-order valence-corrected chi connectivity index (χ1v) is 10.4. The van der Waals surface area contributed by atoms with Crippen molar-refractivity contribution in [2.75, 3.05) is 32.8 Å². The van der Waals surface area contributed by atoms with Gasteiger partial charge >= 0.3 is 0 Å². The van der Waals surface area contributed by atoms with Crippen LogP contribution in [-0.2, 0) is 20.7 Å². The van der Waals surface area contributed by atoms with Crippen molar-refractivity contribution < 1.29 is 14.3 Å². The van der Waals surface area contributed by atoms with Crippen molar-refractivity contribution in [3.05, 3.63) is 30.1 Å². The number of amides is 2. The number of hydrogen-bond acceptors (Lipinski definition) is 5. The highest BCUT2D eigenvalue weighted by Crippen LogP contribution is 2.23. The van der Waals surface area contributed by atoms with E-state index in [1.54, 1.807) is 13.1 Å². The maximum atomic E-state index is 12.8. The molecule has 2 aliphatic heterocycles. The molecule has 0 bridgehead atoms. The van der Waals surface area contributed by atoms with Gasteiger partial charge in [-0.3, -0.25) is 19.5 Å². The minimum Gasteiger partial charge on any atom is -0.381 e. The summed E-state index contributed by atoms with van der Waals surface area (Å²) >= 11 is 0. The third-order valence-electron chi connectivity index (χ3n) is 5.69. The minimum absolute atomic E-state index is 0.00343. The molecular formula is C21H32N4O3. The molecule has 3 rings (SSSR count). The minimum atomic E-state index is -0.0458.